The van der Waals surface area contributed by atoms with E-state index in [1.165, 1.54) is 12.8 Å². The molecule has 1 fully saturated rings. The van der Waals surface area contributed by atoms with Crippen molar-refractivity contribution in [1.29, 1.82) is 0 Å². The molecule has 1 saturated heterocycles. The third-order valence-corrected chi connectivity index (χ3v) is 2.34. The van der Waals surface area contributed by atoms with Crippen molar-refractivity contribution in [1.82, 2.24) is 10.6 Å². The summed E-state index contributed by atoms with van der Waals surface area (Å²) in [6.07, 6.45) is 5.69. The first-order valence-electron chi connectivity index (χ1n) is 4.94. The lowest BCUT2D eigenvalue weighted by atomic mass is 9.98. The summed E-state index contributed by atoms with van der Waals surface area (Å²) in [5.74, 6) is 0.691. The van der Waals surface area contributed by atoms with Gasteiger partial charge in [-0.3, -0.25) is 4.79 Å². The topological polar surface area (TPSA) is 41.1 Å². The molecular weight excluding hydrogens is 164 g/mol. The van der Waals surface area contributed by atoms with Gasteiger partial charge in [0.25, 0.3) is 0 Å². The van der Waals surface area contributed by atoms with Crippen molar-refractivity contribution in [3.63, 3.8) is 0 Å². The fraction of sp³-hybridized carbons (Fsp3) is 0.700. The number of amides is 1. The third-order valence-electron chi connectivity index (χ3n) is 2.34. The minimum absolute atomic E-state index is 0.0287. The summed E-state index contributed by atoms with van der Waals surface area (Å²) in [6.45, 7) is 4.85. The maximum Gasteiger partial charge on any atom is 0.243 e. The van der Waals surface area contributed by atoms with Crippen molar-refractivity contribution in [3.8, 4) is 0 Å². The van der Waals surface area contributed by atoms with E-state index in [1.54, 1.807) is 12.2 Å². The Labute approximate surface area is 79.6 Å². The van der Waals surface area contributed by atoms with E-state index >= 15 is 0 Å². The van der Waals surface area contributed by atoms with E-state index < -0.39 is 0 Å². The number of carbonyl (C=O) groups is 1. The smallest absolute Gasteiger partial charge is 0.243 e. The Bertz CT molecular complexity index is 183. The van der Waals surface area contributed by atoms with Gasteiger partial charge in [-0.1, -0.05) is 6.08 Å². The van der Waals surface area contributed by atoms with Gasteiger partial charge in [-0.25, -0.2) is 0 Å². The molecule has 2 N–H and O–H groups in total. The second-order valence-electron chi connectivity index (χ2n) is 3.44. The SMILES string of the molecule is C/C=C/C(=O)NCC1CCNCC1. The summed E-state index contributed by atoms with van der Waals surface area (Å²) in [7, 11) is 0. The predicted octanol–water partition coefficient (Wildman–Crippen LogP) is 0.678. The largest absolute Gasteiger partial charge is 0.352 e. The molecular formula is C10H18N2O. The molecule has 0 aliphatic carbocycles. The van der Waals surface area contributed by atoms with Gasteiger partial charge < -0.3 is 10.6 Å². The van der Waals surface area contributed by atoms with E-state index in [0.717, 1.165) is 19.6 Å². The summed E-state index contributed by atoms with van der Waals surface area (Å²) in [4.78, 5) is 11.1. The molecule has 1 heterocycles. The van der Waals surface area contributed by atoms with Gasteiger partial charge in [0.1, 0.15) is 0 Å². The summed E-state index contributed by atoms with van der Waals surface area (Å²) in [5, 5.41) is 6.20. The van der Waals surface area contributed by atoms with E-state index in [-0.39, 0.29) is 5.91 Å². The van der Waals surface area contributed by atoms with Crippen LogP contribution in [0.2, 0.25) is 0 Å². The first-order valence-corrected chi connectivity index (χ1v) is 4.94. The highest BCUT2D eigenvalue weighted by Crippen LogP contribution is 2.09. The number of hydrogen-bond donors (Lipinski definition) is 2. The van der Waals surface area contributed by atoms with E-state index in [4.69, 9.17) is 0 Å². The molecule has 0 unspecified atom stereocenters. The molecule has 0 bridgehead atoms. The molecule has 13 heavy (non-hydrogen) atoms. The van der Waals surface area contributed by atoms with Gasteiger partial charge in [0.15, 0.2) is 0 Å². The Morgan fingerprint density at radius 3 is 2.85 bits per heavy atom. The lowest BCUT2D eigenvalue weighted by Gasteiger charge is -2.22. The molecule has 1 amide bonds. The highest BCUT2D eigenvalue weighted by molar-refractivity contribution is 5.87. The van der Waals surface area contributed by atoms with E-state index in [1.807, 2.05) is 6.92 Å². The lowest BCUT2D eigenvalue weighted by molar-refractivity contribution is -0.116. The zero-order valence-electron chi connectivity index (χ0n) is 8.18. The highest BCUT2D eigenvalue weighted by atomic mass is 16.1. The van der Waals surface area contributed by atoms with E-state index in [2.05, 4.69) is 10.6 Å². The van der Waals surface area contributed by atoms with Crippen LogP contribution in [0.1, 0.15) is 19.8 Å². The molecule has 74 valence electrons. The van der Waals surface area contributed by atoms with Crippen LogP contribution in [-0.4, -0.2) is 25.5 Å². The Hall–Kier alpha value is -0.830. The van der Waals surface area contributed by atoms with Crippen molar-refractivity contribution in [2.45, 2.75) is 19.8 Å². The maximum absolute atomic E-state index is 11.1. The van der Waals surface area contributed by atoms with Crippen LogP contribution in [0.15, 0.2) is 12.2 Å². The Morgan fingerprint density at radius 1 is 1.54 bits per heavy atom. The van der Waals surface area contributed by atoms with Crippen LogP contribution >= 0.6 is 0 Å². The second kappa shape index (κ2) is 5.75. The summed E-state index contributed by atoms with van der Waals surface area (Å²) >= 11 is 0. The zero-order valence-corrected chi connectivity index (χ0v) is 8.18. The quantitative estimate of drug-likeness (QED) is 0.630. The molecule has 3 heteroatoms. The Morgan fingerprint density at radius 2 is 2.23 bits per heavy atom. The Balaban J connectivity index is 2.13. The van der Waals surface area contributed by atoms with Gasteiger partial charge >= 0.3 is 0 Å². The van der Waals surface area contributed by atoms with Crippen LogP contribution in [0.25, 0.3) is 0 Å². The number of piperidine rings is 1. The van der Waals surface area contributed by atoms with Gasteiger partial charge in [0.2, 0.25) is 5.91 Å². The van der Waals surface area contributed by atoms with Crippen molar-refractivity contribution in [2.24, 2.45) is 5.92 Å². The summed E-state index contributed by atoms with van der Waals surface area (Å²) in [6, 6.07) is 0. The highest BCUT2D eigenvalue weighted by Gasteiger charge is 2.12. The average Bonchev–Trinajstić information content (AvgIpc) is 2.17. The van der Waals surface area contributed by atoms with Gasteiger partial charge in [-0.05, 0) is 44.8 Å². The average molecular weight is 182 g/mol. The van der Waals surface area contributed by atoms with Crippen LogP contribution in [0.4, 0.5) is 0 Å². The Kier molecular flexibility index (Phi) is 4.54. The molecule has 3 nitrogen and oxygen atoms in total. The fourth-order valence-electron chi connectivity index (χ4n) is 1.54. The van der Waals surface area contributed by atoms with E-state index in [0.29, 0.717) is 5.92 Å². The monoisotopic (exact) mass is 182 g/mol. The van der Waals surface area contributed by atoms with Crippen molar-refractivity contribution >= 4 is 5.91 Å². The molecule has 1 aliphatic heterocycles. The first kappa shape index (κ1) is 10.3. The standard InChI is InChI=1S/C10H18N2O/c1-2-3-10(13)12-8-9-4-6-11-7-5-9/h2-3,9,11H,4-8H2,1H3,(H,12,13)/b3-2+. The van der Waals surface area contributed by atoms with Crippen LogP contribution in [0, 0.1) is 5.92 Å². The normalized spacial score (nSPS) is 19.2. The molecule has 1 rings (SSSR count). The molecule has 0 saturated carbocycles. The fourth-order valence-corrected chi connectivity index (χ4v) is 1.54. The molecule has 0 aromatic carbocycles. The minimum atomic E-state index is 0.0287. The number of nitrogens with one attached hydrogen (secondary N) is 2. The van der Waals surface area contributed by atoms with Crippen LogP contribution in [0.5, 0.6) is 0 Å². The van der Waals surface area contributed by atoms with Crippen LogP contribution in [0.3, 0.4) is 0 Å². The first-order chi connectivity index (χ1) is 6.33. The zero-order chi connectivity index (χ0) is 9.52. The molecule has 0 atom stereocenters. The van der Waals surface area contributed by atoms with Gasteiger partial charge in [0.05, 0.1) is 0 Å². The molecule has 1 aliphatic rings. The van der Waals surface area contributed by atoms with Crippen LogP contribution < -0.4 is 10.6 Å². The van der Waals surface area contributed by atoms with Crippen molar-refractivity contribution in [3.05, 3.63) is 12.2 Å². The minimum Gasteiger partial charge on any atom is -0.352 e. The molecule has 0 aromatic heterocycles. The number of carbonyl (C=O) groups excluding carboxylic acids is 1. The molecule has 0 aromatic rings. The number of hydrogen-bond acceptors (Lipinski definition) is 2. The summed E-state index contributed by atoms with van der Waals surface area (Å²) < 4.78 is 0. The second-order valence-corrected chi connectivity index (χ2v) is 3.44. The third kappa shape index (κ3) is 4.08. The van der Waals surface area contributed by atoms with Gasteiger partial charge in [-0.2, -0.15) is 0 Å². The number of rotatable bonds is 3. The van der Waals surface area contributed by atoms with Crippen molar-refractivity contribution < 1.29 is 4.79 Å². The van der Waals surface area contributed by atoms with Crippen LogP contribution in [-0.2, 0) is 4.79 Å². The predicted molar refractivity (Wildman–Crippen MR) is 53.4 cm³/mol. The van der Waals surface area contributed by atoms with Gasteiger partial charge in [-0.15, -0.1) is 0 Å². The molecule has 0 spiro atoms. The van der Waals surface area contributed by atoms with Crippen molar-refractivity contribution in [2.75, 3.05) is 19.6 Å². The van der Waals surface area contributed by atoms with Gasteiger partial charge in [0, 0.05) is 6.54 Å². The maximum atomic E-state index is 11.1. The number of allylic oxidation sites excluding steroid dienone is 1. The van der Waals surface area contributed by atoms with E-state index in [9.17, 15) is 4.79 Å². The summed E-state index contributed by atoms with van der Waals surface area (Å²) in [5.41, 5.74) is 0. The molecule has 0 radical (unpaired) electrons. The lowest BCUT2D eigenvalue weighted by Crippen LogP contribution is -2.35.